The number of aryl methyl sites for hydroxylation is 1. The van der Waals surface area contributed by atoms with E-state index in [1.165, 1.54) is 0 Å². The van der Waals surface area contributed by atoms with Crippen molar-refractivity contribution in [2.75, 3.05) is 26.0 Å². The van der Waals surface area contributed by atoms with E-state index in [-0.39, 0.29) is 0 Å². The molecule has 1 N–H and O–H groups in total. The molecule has 0 saturated carbocycles. The molecule has 15 heavy (non-hydrogen) atoms. The number of hydrogen-bond acceptors (Lipinski definition) is 4. The Morgan fingerprint density at radius 1 is 1.67 bits per heavy atom. The molecular weight excluding hydrogens is 210 g/mol. The Kier molecular flexibility index (Phi) is 5.75. The molecule has 5 heteroatoms. The number of thioether (sulfide) groups is 1. The van der Waals surface area contributed by atoms with Crippen LogP contribution in [0, 0.1) is 0 Å². The van der Waals surface area contributed by atoms with E-state index in [2.05, 4.69) is 17.2 Å². The number of nitrogens with one attached hydrogen (secondary N) is 1. The van der Waals surface area contributed by atoms with Gasteiger partial charge in [0.15, 0.2) is 5.16 Å². The van der Waals surface area contributed by atoms with Crippen molar-refractivity contribution in [3.63, 3.8) is 0 Å². The van der Waals surface area contributed by atoms with Gasteiger partial charge in [0.1, 0.15) is 0 Å². The van der Waals surface area contributed by atoms with Crippen molar-refractivity contribution in [2.24, 2.45) is 7.05 Å². The fraction of sp³-hybridized carbons (Fsp3) is 0.700. The van der Waals surface area contributed by atoms with E-state index >= 15 is 0 Å². The van der Waals surface area contributed by atoms with E-state index in [0.717, 1.165) is 24.1 Å². The summed E-state index contributed by atoms with van der Waals surface area (Å²) in [5, 5.41) is 4.43. The minimum Gasteiger partial charge on any atom is -0.383 e. The van der Waals surface area contributed by atoms with Crippen molar-refractivity contribution in [1.82, 2.24) is 14.9 Å². The van der Waals surface area contributed by atoms with Crippen LogP contribution in [0.15, 0.2) is 17.6 Å². The van der Waals surface area contributed by atoms with Crippen LogP contribution in [-0.2, 0) is 11.8 Å². The fourth-order valence-corrected chi connectivity index (χ4v) is 2.29. The first-order valence-electron chi connectivity index (χ1n) is 5.10. The molecular formula is C10H19N3OS. The lowest BCUT2D eigenvalue weighted by atomic mass is 10.3. The standard InChI is InChI=1S/C10H19N3OS/c1-4-11-9(7-14-3)8-15-10-12-5-6-13(10)2/h5-6,9,11H,4,7-8H2,1-3H3. The zero-order valence-corrected chi connectivity index (χ0v) is 10.4. The van der Waals surface area contributed by atoms with Crippen LogP contribution in [0.25, 0.3) is 0 Å². The molecule has 0 radical (unpaired) electrons. The molecule has 1 atom stereocenters. The van der Waals surface area contributed by atoms with Gasteiger partial charge in [-0.3, -0.25) is 0 Å². The van der Waals surface area contributed by atoms with Gasteiger partial charge in [0, 0.05) is 38.3 Å². The molecule has 0 aromatic carbocycles. The monoisotopic (exact) mass is 229 g/mol. The van der Waals surface area contributed by atoms with Gasteiger partial charge in [-0.25, -0.2) is 4.98 Å². The second-order valence-corrected chi connectivity index (χ2v) is 4.33. The first-order chi connectivity index (χ1) is 7.27. The van der Waals surface area contributed by atoms with Crippen LogP contribution in [0.3, 0.4) is 0 Å². The van der Waals surface area contributed by atoms with E-state index in [4.69, 9.17) is 4.74 Å². The van der Waals surface area contributed by atoms with Crippen molar-refractivity contribution in [3.8, 4) is 0 Å². The van der Waals surface area contributed by atoms with Gasteiger partial charge < -0.3 is 14.6 Å². The smallest absolute Gasteiger partial charge is 0.167 e. The molecule has 86 valence electrons. The average molecular weight is 229 g/mol. The Balaban J connectivity index is 2.36. The molecule has 0 aliphatic rings. The highest BCUT2D eigenvalue weighted by Crippen LogP contribution is 2.15. The number of rotatable bonds is 7. The Bertz CT molecular complexity index is 271. The summed E-state index contributed by atoms with van der Waals surface area (Å²) in [6, 6.07) is 0.390. The molecule has 1 heterocycles. The Morgan fingerprint density at radius 2 is 2.47 bits per heavy atom. The maximum Gasteiger partial charge on any atom is 0.167 e. The van der Waals surface area contributed by atoms with E-state index in [1.807, 2.05) is 24.0 Å². The van der Waals surface area contributed by atoms with E-state index < -0.39 is 0 Å². The molecule has 4 nitrogen and oxygen atoms in total. The number of nitrogens with zero attached hydrogens (tertiary/aromatic N) is 2. The summed E-state index contributed by atoms with van der Waals surface area (Å²) < 4.78 is 7.18. The van der Waals surface area contributed by atoms with Gasteiger partial charge in [0.25, 0.3) is 0 Å². The van der Waals surface area contributed by atoms with Gasteiger partial charge >= 0.3 is 0 Å². The van der Waals surface area contributed by atoms with E-state index in [9.17, 15) is 0 Å². The van der Waals surface area contributed by atoms with Crippen LogP contribution in [0.2, 0.25) is 0 Å². The normalized spacial score (nSPS) is 13.0. The number of aromatic nitrogens is 2. The molecule has 0 aliphatic heterocycles. The van der Waals surface area contributed by atoms with Crippen LogP contribution in [0.4, 0.5) is 0 Å². The molecule has 0 aliphatic carbocycles. The summed E-state index contributed by atoms with van der Waals surface area (Å²) >= 11 is 1.75. The molecule has 0 bridgehead atoms. The SMILES string of the molecule is CCNC(COC)CSc1nccn1C. The summed E-state index contributed by atoms with van der Waals surface area (Å²) in [7, 11) is 3.74. The second-order valence-electron chi connectivity index (χ2n) is 3.34. The van der Waals surface area contributed by atoms with Crippen molar-refractivity contribution in [2.45, 2.75) is 18.1 Å². The van der Waals surface area contributed by atoms with Crippen molar-refractivity contribution >= 4 is 11.8 Å². The van der Waals surface area contributed by atoms with Crippen LogP contribution in [0.1, 0.15) is 6.92 Å². The third kappa shape index (κ3) is 4.24. The summed E-state index contributed by atoms with van der Waals surface area (Å²) in [6.07, 6.45) is 3.78. The fourth-order valence-electron chi connectivity index (χ4n) is 1.32. The molecule has 1 rings (SSSR count). The molecule has 0 amide bonds. The predicted octanol–water partition coefficient (Wildman–Crippen LogP) is 1.14. The Labute approximate surface area is 95.4 Å². The van der Waals surface area contributed by atoms with Crippen LogP contribution in [-0.4, -0.2) is 41.6 Å². The molecule has 0 saturated heterocycles. The minimum absolute atomic E-state index is 0.390. The number of methoxy groups -OCH3 is 1. The summed E-state index contributed by atoms with van der Waals surface area (Å²) in [5.74, 6) is 0.979. The highest BCUT2D eigenvalue weighted by Gasteiger charge is 2.09. The quantitative estimate of drug-likeness (QED) is 0.712. The van der Waals surface area contributed by atoms with Crippen molar-refractivity contribution in [3.05, 3.63) is 12.4 Å². The lowest BCUT2D eigenvalue weighted by Gasteiger charge is -2.15. The Morgan fingerprint density at radius 3 is 3.00 bits per heavy atom. The van der Waals surface area contributed by atoms with E-state index in [1.54, 1.807) is 18.9 Å². The predicted molar refractivity (Wildman–Crippen MR) is 63.3 cm³/mol. The summed E-state index contributed by atoms with van der Waals surface area (Å²) in [4.78, 5) is 4.27. The maximum atomic E-state index is 5.15. The third-order valence-corrected chi connectivity index (χ3v) is 3.27. The van der Waals surface area contributed by atoms with Gasteiger partial charge in [-0.15, -0.1) is 0 Å². The highest BCUT2D eigenvalue weighted by molar-refractivity contribution is 7.99. The second kappa shape index (κ2) is 6.87. The third-order valence-electron chi connectivity index (χ3n) is 2.05. The number of ether oxygens (including phenoxy) is 1. The molecule has 1 aromatic heterocycles. The summed E-state index contributed by atoms with van der Waals surface area (Å²) in [6.45, 7) is 3.81. The van der Waals surface area contributed by atoms with Gasteiger partial charge in [0.05, 0.1) is 6.61 Å². The average Bonchev–Trinajstić information content (AvgIpc) is 2.61. The lowest BCUT2D eigenvalue weighted by molar-refractivity contribution is 0.174. The first-order valence-corrected chi connectivity index (χ1v) is 6.09. The van der Waals surface area contributed by atoms with Crippen molar-refractivity contribution in [1.29, 1.82) is 0 Å². The lowest BCUT2D eigenvalue weighted by Crippen LogP contribution is -2.35. The van der Waals surface area contributed by atoms with Gasteiger partial charge in [-0.05, 0) is 6.54 Å². The first kappa shape index (κ1) is 12.5. The summed E-state index contributed by atoms with van der Waals surface area (Å²) in [5.41, 5.74) is 0. The highest BCUT2D eigenvalue weighted by atomic mass is 32.2. The van der Waals surface area contributed by atoms with Gasteiger partial charge in [-0.2, -0.15) is 0 Å². The molecule has 1 aromatic rings. The number of hydrogen-bond donors (Lipinski definition) is 1. The number of imidazole rings is 1. The molecule has 0 fully saturated rings. The molecule has 1 unspecified atom stereocenters. The minimum atomic E-state index is 0.390. The zero-order chi connectivity index (χ0) is 11.1. The van der Waals surface area contributed by atoms with Gasteiger partial charge in [0.2, 0.25) is 0 Å². The molecule has 0 spiro atoms. The van der Waals surface area contributed by atoms with E-state index in [0.29, 0.717) is 6.04 Å². The van der Waals surface area contributed by atoms with Crippen molar-refractivity contribution < 1.29 is 4.74 Å². The largest absolute Gasteiger partial charge is 0.383 e. The topological polar surface area (TPSA) is 39.1 Å². The number of likely N-dealkylation sites (N-methyl/N-ethyl adjacent to an activating group) is 1. The maximum absolute atomic E-state index is 5.15. The van der Waals surface area contributed by atoms with Crippen LogP contribution in [0.5, 0.6) is 0 Å². The van der Waals surface area contributed by atoms with Crippen LogP contribution >= 0.6 is 11.8 Å². The van der Waals surface area contributed by atoms with Gasteiger partial charge in [-0.1, -0.05) is 18.7 Å². The Hall–Kier alpha value is -0.520. The van der Waals surface area contributed by atoms with Crippen LogP contribution < -0.4 is 5.32 Å². The zero-order valence-electron chi connectivity index (χ0n) is 9.56.